The second kappa shape index (κ2) is 8.11. The van der Waals surface area contributed by atoms with Gasteiger partial charge in [0, 0.05) is 30.0 Å². The Morgan fingerprint density at radius 2 is 1.34 bits per heavy atom. The van der Waals surface area contributed by atoms with E-state index >= 15 is 0 Å². The molecule has 0 bridgehead atoms. The summed E-state index contributed by atoms with van der Waals surface area (Å²) in [6.45, 7) is 1.07. The van der Waals surface area contributed by atoms with E-state index in [0.29, 0.717) is 18.7 Å². The first-order chi connectivity index (χ1) is 14.2. The van der Waals surface area contributed by atoms with Crippen LogP contribution in [-0.2, 0) is 4.57 Å². The molecule has 0 N–H and O–H groups in total. The summed E-state index contributed by atoms with van der Waals surface area (Å²) in [5.41, 5.74) is 1.18. The Hall–Kier alpha value is -3.09. The number of nitriles is 1. The summed E-state index contributed by atoms with van der Waals surface area (Å²) in [6.07, 6.45) is -0.0368. The van der Waals surface area contributed by atoms with Gasteiger partial charge in [0.1, 0.15) is 5.82 Å². The van der Waals surface area contributed by atoms with E-state index in [1.807, 2.05) is 70.0 Å². The van der Waals surface area contributed by atoms with Gasteiger partial charge in [-0.3, -0.25) is 4.57 Å². The molecule has 1 unspecified atom stereocenters. The summed E-state index contributed by atoms with van der Waals surface area (Å²) in [6, 6.07) is 27.5. The van der Waals surface area contributed by atoms with Crippen molar-refractivity contribution in [3.8, 4) is 6.07 Å². The summed E-state index contributed by atoms with van der Waals surface area (Å²) in [7, 11) is -3.41. The van der Waals surface area contributed by atoms with Gasteiger partial charge in [-0.2, -0.15) is 5.26 Å². The van der Waals surface area contributed by atoms with Crippen molar-refractivity contribution < 1.29 is 8.96 Å². The third-order valence-corrected chi connectivity index (χ3v) is 8.80. The lowest BCUT2D eigenvalue weighted by molar-refractivity contribution is 0.557. The lowest BCUT2D eigenvalue weighted by Crippen LogP contribution is -2.24. The Bertz CT molecular complexity index is 1020. The van der Waals surface area contributed by atoms with Gasteiger partial charge < -0.3 is 9.34 Å². The highest BCUT2D eigenvalue weighted by Crippen LogP contribution is 2.70. The molecule has 3 aromatic rings. The Labute approximate surface area is 170 Å². The first-order valence-corrected chi connectivity index (χ1v) is 11.2. The minimum atomic E-state index is -3.41. The molecule has 0 radical (unpaired) electrons. The molecule has 0 aliphatic carbocycles. The van der Waals surface area contributed by atoms with Crippen LogP contribution in [0.15, 0.2) is 84.9 Å². The van der Waals surface area contributed by atoms with E-state index in [9.17, 15) is 14.2 Å². The first-order valence-electron chi connectivity index (χ1n) is 9.53. The Kier molecular flexibility index (Phi) is 5.38. The lowest BCUT2D eigenvalue weighted by Gasteiger charge is -2.37. The number of benzene rings is 3. The van der Waals surface area contributed by atoms with Crippen molar-refractivity contribution in [1.29, 1.82) is 5.26 Å². The van der Waals surface area contributed by atoms with Gasteiger partial charge in [-0.05, 0) is 30.3 Å². The van der Waals surface area contributed by atoms with Crippen molar-refractivity contribution in [2.75, 3.05) is 22.4 Å². The normalized spacial score (nSPS) is 16.4. The molecule has 1 aliphatic rings. The van der Waals surface area contributed by atoms with E-state index in [2.05, 4.69) is 6.07 Å². The van der Waals surface area contributed by atoms with Crippen molar-refractivity contribution in [2.45, 2.75) is 12.1 Å². The summed E-state index contributed by atoms with van der Waals surface area (Å²) in [5, 5.41) is 9.55. The van der Waals surface area contributed by atoms with Gasteiger partial charge in [-0.15, -0.1) is 0 Å². The third-order valence-electron chi connectivity index (χ3n) is 5.28. The van der Waals surface area contributed by atoms with Gasteiger partial charge in [-0.25, -0.2) is 4.39 Å². The molecule has 0 aromatic heterocycles. The van der Waals surface area contributed by atoms with Crippen LogP contribution >= 0.6 is 7.44 Å². The molecular formula is C23H21FN3OP. The number of halogens is 1. The smallest absolute Gasteiger partial charge is 0.271 e. The van der Waals surface area contributed by atoms with Gasteiger partial charge in [0.2, 0.25) is 0 Å². The van der Waals surface area contributed by atoms with E-state index in [-0.39, 0.29) is 6.42 Å². The van der Waals surface area contributed by atoms with Crippen LogP contribution in [0.3, 0.4) is 0 Å². The molecule has 1 aliphatic heterocycles. The van der Waals surface area contributed by atoms with Crippen molar-refractivity contribution in [1.82, 2.24) is 0 Å². The maximum absolute atomic E-state index is 14.9. The topological polar surface area (TPSA) is 47.3 Å². The standard InChI is InChI=1S/C23H21FN3OP/c24-22-14-8-7-13-21(22)23(15-16-25)29(28)26(19-9-3-1-4-10-19)17-18-27(29)20-11-5-2-6-12-20/h1-14,23H,15,17-18H2. The zero-order chi connectivity index (χ0) is 20.3. The Morgan fingerprint density at radius 1 is 0.862 bits per heavy atom. The SMILES string of the molecule is N#CCC(c1ccccc1F)P1(=O)N(c2ccccc2)CCN1c1ccccc1. The Balaban J connectivity index is 1.91. The van der Waals surface area contributed by atoms with Crippen LogP contribution in [0.2, 0.25) is 0 Å². The number of rotatable bonds is 5. The summed E-state index contributed by atoms with van der Waals surface area (Å²) in [4.78, 5) is 0. The average molecular weight is 405 g/mol. The monoisotopic (exact) mass is 405 g/mol. The molecule has 1 atom stereocenters. The van der Waals surface area contributed by atoms with Gasteiger partial charge in [-0.1, -0.05) is 54.6 Å². The van der Waals surface area contributed by atoms with Crippen LogP contribution in [-0.4, -0.2) is 13.1 Å². The van der Waals surface area contributed by atoms with E-state index in [1.54, 1.807) is 18.2 Å². The van der Waals surface area contributed by atoms with Crippen molar-refractivity contribution in [3.63, 3.8) is 0 Å². The second-order valence-corrected chi connectivity index (χ2v) is 9.67. The molecular weight excluding hydrogens is 384 g/mol. The molecule has 1 heterocycles. The minimum absolute atomic E-state index is 0.0368. The van der Waals surface area contributed by atoms with Crippen LogP contribution < -0.4 is 9.34 Å². The Morgan fingerprint density at radius 3 is 1.83 bits per heavy atom. The fourth-order valence-corrected chi connectivity index (χ4v) is 7.48. The van der Waals surface area contributed by atoms with Crippen molar-refractivity contribution in [3.05, 3.63) is 96.3 Å². The molecule has 1 saturated heterocycles. The number of hydrogen-bond donors (Lipinski definition) is 0. The van der Waals surface area contributed by atoms with Crippen LogP contribution in [0, 0.1) is 17.1 Å². The van der Waals surface area contributed by atoms with Crippen molar-refractivity contribution in [2.24, 2.45) is 0 Å². The average Bonchev–Trinajstić information content (AvgIpc) is 3.12. The largest absolute Gasteiger partial charge is 0.304 e. The molecule has 146 valence electrons. The predicted molar refractivity (Wildman–Crippen MR) is 115 cm³/mol. The molecule has 4 rings (SSSR count). The zero-order valence-corrected chi connectivity index (χ0v) is 16.8. The quantitative estimate of drug-likeness (QED) is 0.489. The molecule has 29 heavy (non-hydrogen) atoms. The molecule has 4 nitrogen and oxygen atoms in total. The van der Waals surface area contributed by atoms with Gasteiger partial charge in [0.05, 0.1) is 18.1 Å². The van der Waals surface area contributed by atoms with E-state index in [0.717, 1.165) is 11.4 Å². The summed E-state index contributed by atoms with van der Waals surface area (Å²) in [5.74, 6) is -0.434. The minimum Gasteiger partial charge on any atom is -0.304 e. The van der Waals surface area contributed by atoms with Crippen molar-refractivity contribution >= 4 is 18.8 Å². The van der Waals surface area contributed by atoms with Gasteiger partial charge in [0.15, 0.2) is 0 Å². The molecule has 0 spiro atoms. The fourth-order valence-electron chi connectivity index (χ4n) is 3.97. The molecule has 6 heteroatoms. The molecule has 0 saturated carbocycles. The fraction of sp³-hybridized carbons (Fsp3) is 0.174. The van der Waals surface area contributed by atoms with Crippen LogP contribution in [0.25, 0.3) is 0 Å². The summed E-state index contributed by atoms with van der Waals surface area (Å²) < 4.78 is 33.4. The number of hydrogen-bond acceptors (Lipinski definition) is 2. The molecule has 0 amide bonds. The van der Waals surface area contributed by atoms with Gasteiger partial charge in [0.25, 0.3) is 7.44 Å². The van der Waals surface area contributed by atoms with Gasteiger partial charge >= 0.3 is 0 Å². The van der Waals surface area contributed by atoms with E-state index in [1.165, 1.54) is 6.07 Å². The maximum Gasteiger partial charge on any atom is 0.271 e. The van der Waals surface area contributed by atoms with Crippen LogP contribution in [0.4, 0.5) is 15.8 Å². The second-order valence-electron chi connectivity index (χ2n) is 6.91. The number of nitrogens with zero attached hydrogens (tertiary/aromatic N) is 3. The van der Waals surface area contributed by atoms with E-state index in [4.69, 9.17) is 0 Å². The van der Waals surface area contributed by atoms with Crippen LogP contribution in [0.1, 0.15) is 17.6 Å². The highest BCUT2D eigenvalue weighted by molar-refractivity contribution is 7.68. The molecule has 1 fully saturated rings. The predicted octanol–water partition coefficient (Wildman–Crippen LogP) is 6.00. The zero-order valence-electron chi connectivity index (χ0n) is 15.9. The third kappa shape index (κ3) is 3.41. The van der Waals surface area contributed by atoms with E-state index < -0.39 is 18.9 Å². The molecule has 3 aromatic carbocycles. The summed E-state index contributed by atoms with van der Waals surface area (Å²) >= 11 is 0. The highest BCUT2D eigenvalue weighted by atomic mass is 31.2. The maximum atomic E-state index is 14.9. The number of anilines is 2. The highest BCUT2D eigenvalue weighted by Gasteiger charge is 2.50. The van der Waals surface area contributed by atoms with Crippen LogP contribution in [0.5, 0.6) is 0 Å². The first kappa shape index (κ1) is 19.2. The number of para-hydroxylation sites is 2. The lowest BCUT2D eigenvalue weighted by atomic mass is 10.1.